The molecule has 0 saturated heterocycles. The lowest BCUT2D eigenvalue weighted by Gasteiger charge is -2.11. The van der Waals surface area contributed by atoms with Crippen molar-refractivity contribution in [1.82, 2.24) is 0 Å². The number of hydrogen-bond acceptors (Lipinski definition) is 0. The van der Waals surface area contributed by atoms with Crippen molar-refractivity contribution in [3.63, 3.8) is 0 Å². The fraction of sp³-hybridized carbons (Fsp3) is 0.333. The van der Waals surface area contributed by atoms with Crippen LogP contribution in [0.2, 0.25) is 0 Å². The maximum Gasteiger partial charge on any atom is 0.416 e. The first kappa shape index (κ1) is 10.2. The van der Waals surface area contributed by atoms with Gasteiger partial charge < -0.3 is 0 Å². The van der Waals surface area contributed by atoms with Gasteiger partial charge in [-0.2, -0.15) is 13.2 Å². The first-order chi connectivity index (χ1) is 5.82. The van der Waals surface area contributed by atoms with E-state index < -0.39 is 11.7 Å². The smallest absolute Gasteiger partial charge is 0.166 e. The molecule has 0 N–H and O–H groups in total. The molecule has 0 aliphatic carbocycles. The lowest BCUT2D eigenvalue weighted by molar-refractivity contribution is -0.137. The Labute approximate surface area is 76.2 Å². The highest BCUT2D eigenvalue weighted by atomic mass is 19.4. The maximum atomic E-state index is 12.2. The average Bonchev–Trinajstić information content (AvgIpc) is 1.97. The summed E-state index contributed by atoms with van der Waals surface area (Å²) in [6.45, 7) is 3.31. The van der Waals surface area contributed by atoms with Crippen molar-refractivity contribution in [2.75, 3.05) is 0 Å². The minimum Gasteiger partial charge on any atom is -0.166 e. The van der Waals surface area contributed by atoms with Crippen molar-refractivity contribution in [3.8, 4) is 0 Å². The molecule has 13 heavy (non-hydrogen) atoms. The van der Waals surface area contributed by atoms with E-state index in [1.807, 2.05) is 0 Å². The van der Waals surface area contributed by atoms with E-state index in [1.54, 1.807) is 13.8 Å². The van der Waals surface area contributed by atoms with E-state index in [9.17, 15) is 13.2 Å². The van der Waals surface area contributed by atoms with Gasteiger partial charge in [0.25, 0.3) is 0 Å². The molecule has 0 saturated carbocycles. The summed E-state index contributed by atoms with van der Waals surface area (Å²) in [4.78, 5) is 0. The fourth-order valence-electron chi connectivity index (χ4n) is 1.05. The zero-order chi connectivity index (χ0) is 10.2. The van der Waals surface area contributed by atoms with E-state index in [0.717, 1.165) is 12.1 Å². The standard InChI is InChI=1S/C9H8BF3/c1-5-3-7(9(11,12)13)4-8(10)6(5)2/h3-4H,1-2H3. The van der Waals surface area contributed by atoms with Crippen LogP contribution in [-0.4, -0.2) is 7.85 Å². The maximum absolute atomic E-state index is 12.2. The Kier molecular flexibility index (Phi) is 2.41. The molecule has 0 amide bonds. The SMILES string of the molecule is [B]c1cc(C(F)(F)F)cc(C)c1C. The van der Waals surface area contributed by atoms with Gasteiger partial charge in [-0.1, -0.05) is 17.1 Å². The Bertz CT molecular complexity index is 305. The summed E-state index contributed by atoms with van der Waals surface area (Å²) in [7, 11) is 5.42. The van der Waals surface area contributed by atoms with Crippen LogP contribution in [0.25, 0.3) is 0 Å². The molecule has 0 bridgehead atoms. The van der Waals surface area contributed by atoms with Crippen molar-refractivity contribution in [2.24, 2.45) is 0 Å². The van der Waals surface area contributed by atoms with Crippen molar-refractivity contribution >= 4 is 13.3 Å². The molecular weight excluding hydrogens is 176 g/mol. The largest absolute Gasteiger partial charge is 0.416 e. The fourth-order valence-corrected chi connectivity index (χ4v) is 1.05. The van der Waals surface area contributed by atoms with E-state index in [4.69, 9.17) is 7.85 Å². The van der Waals surface area contributed by atoms with Crippen molar-refractivity contribution < 1.29 is 13.2 Å². The van der Waals surface area contributed by atoms with Crippen molar-refractivity contribution in [2.45, 2.75) is 20.0 Å². The molecule has 0 aliphatic heterocycles. The van der Waals surface area contributed by atoms with Crippen LogP contribution in [0, 0.1) is 13.8 Å². The number of alkyl halides is 3. The van der Waals surface area contributed by atoms with Gasteiger partial charge >= 0.3 is 6.18 Å². The number of aryl methyl sites for hydroxylation is 1. The van der Waals surface area contributed by atoms with Gasteiger partial charge in [-0.25, -0.2) is 0 Å². The van der Waals surface area contributed by atoms with Gasteiger partial charge in [-0.05, 0) is 25.5 Å². The van der Waals surface area contributed by atoms with Gasteiger partial charge in [-0.15, -0.1) is 0 Å². The van der Waals surface area contributed by atoms with E-state index in [2.05, 4.69) is 0 Å². The molecule has 68 valence electrons. The third kappa shape index (κ3) is 2.05. The van der Waals surface area contributed by atoms with Gasteiger partial charge in [0, 0.05) is 0 Å². The van der Waals surface area contributed by atoms with Gasteiger partial charge in [-0.3, -0.25) is 0 Å². The monoisotopic (exact) mass is 184 g/mol. The Morgan fingerprint density at radius 3 is 2.08 bits per heavy atom. The quantitative estimate of drug-likeness (QED) is 0.541. The second kappa shape index (κ2) is 3.09. The van der Waals surface area contributed by atoms with Crippen molar-refractivity contribution in [3.05, 3.63) is 28.8 Å². The topological polar surface area (TPSA) is 0 Å². The molecule has 0 aromatic heterocycles. The van der Waals surface area contributed by atoms with Crippen LogP contribution in [0.3, 0.4) is 0 Å². The highest BCUT2D eigenvalue weighted by Crippen LogP contribution is 2.29. The summed E-state index contributed by atoms with van der Waals surface area (Å²) in [5, 5.41) is 0. The molecule has 1 aromatic carbocycles. The highest BCUT2D eigenvalue weighted by Gasteiger charge is 2.30. The molecular formula is C9H8BF3. The van der Waals surface area contributed by atoms with Crippen LogP contribution in [0.1, 0.15) is 16.7 Å². The Hall–Kier alpha value is -0.925. The Morgan fingerprint density at radius 2 is 1.69 bits per heavy atom. The number of benzene rings is 1. The van der Waals surface area contributed by atoms with Crippen LogP contribution in [0.5, 0.6) is 0 Å². The lowest BCUT2D eigenvalue weighted by Crippen LogP contribution is -2.15. The van der Waals surface area contributed by atoms with E-state index in [-0.39, 0.29) is 5.46 Å². The number of halogens is 3. The molecule has 4 heteroatoms. The number of rotatable bonds is 0. The minimum absolute atomic E-state index is 0.187. The Morgan fingerprint density at radius 1 is 1.15 bits per heavy atom. The molecule has 0 unspecified atom stereocenters. The summed E-state index contributed by atoms with van der Waals surface area (Å²) in [5.74, 6) is 0. The molecule has 0 heterocycles. The molecule has 0 aliphatic rings. The van der Waals surface area contributed by atoms with Crippen LogP contribution < -0.4 is 5.46 Å². The third-order valence-corrected chi connectivity index (χ3v) is 2.03. The second-order valence-corrected chi connectivity index (χ2v) is 3.01. The predicted molar refractivity (Wildman–Crippen MR) is 46.3 cm³/mol. The first-order valence-corrected chi connectivity index (χ1v) is 3.76. The lowest BCUT2D eigenvalue weighted by atomic mass is 9.87. The number of hydrogen-bond donors (Lipinski definition) is 0. The average molecular weight is 184 g/mol. The summed E-state index contributed by atoms with van der Waals surface area (Å²) >= 11 is 0. The molecule has 0 nitrogen and oxygen atoms in total. The predicted octanol–water partition coefficient (Wildman–Crippen LogP) is 2.12. The zero-order valence-corrected chi connectivity index (χ0v) is 7.37. The third-order valence-electron chi connectivity index (χ3n) is 2.03. The normalized spacial score (nSPS) is 11.8. The van der Waals surface area contributed by atoms with E-state index in [1.165, 1.54) is 0 Å². The van der Waals surface area contributed by atoms with Crippen LogP contribution in [0.15, 0.2) is 12.1 Å². The molecule has 1 aromatic rings. The Balaban J connectivity index is 3.29. The summed E-state index contributed by atoms with van der Waals surface area (Å²) < 4.78 is 36.7. The van der Waals surface area contributed by atoms with E-state index in [0.29, 0.717) is 11.1 Å². The zero-order valence-electron chi connectivity index (χ0n) is 7.37. The summed E-state index contributed by atoms with van der Waals surface area (Å²) in [6, 6.07) is 2.06. The van der Waals surface area contributed by atoms with Gasteiger partial charge in [0.1, 0.15) is 7.85 Å². The van der Waals surface area contributed by atoms with Crippen LogP contribution >= 0.6 is 0 Å². The molecule has 2 radical (unpaired) electrons. The van der Waals surface area contributed by atoms with Gasteiger partial charge in [0.2, 0.25) is 0 Å². The molecule has 0 fully saturated rings. The van der Waals surface area contributed by atoms with Crippen LogP contribution in [-0.2, 0) is 6.18 Å². The molecule has 0 atom stereocenters. The molecule has 1 rings (SSSR count). The first-order valence-electron chi connectivity index (χ1n) is 3.76. The van der Waals surface area contributed by atoms with Gasteiger partial charge in [0.15, 0.2) is 0 Å². The second-order valence-electron chi connectivity index (χ2n) is 3.01. The summed E-state index contributed by atoms with van der Waals surface area (Å²) in [6.07, 6.45) is -4.31. The highest BCUT2D eigenvalue weighted by molar-refractivity contribution is 6.33. The van der Waals surface area contributed by atoms with Crippen molar-refractivity contribution in [1.29, 1.82) is 0 Å². The van der Waals surface area contributed by atoms with Gasteiger partial charge in [0.05, 0.1) is 5.56 Å². The minimum atomic E-state index is -4.31. The van der Waals surface area contributed by atoms with Crippen LogP contribution in [0.4, 0.5) is 13.2 Å². The summed E-state index contributed by atoms with van der Waals surface area (Å²) in [5.41, 5.74) is 0.765. The molecule has 0 spiro atoms. The van der Waals surface area contributed by atoms with E-state index >= 15 is 0 Å².